The first kappa shape index (κ1) is 11.7. The van der Waals surface area contributed by atoms with Crippen LogP contribution >= 0.6 is 11.3 Å². The van der Waals surface area contributed by atoms with Gasteiger partial charge in [0.25, 0.3) is 0 Å². The molecule has 0 unspecified atom stereocenters. The van der Waals surface area contributed by atoms with E-state index in [9.17, 15) is 4.79 Å². The Morgan fingerprint density at radius 1 is 1.59 bits per heavy atom. The fraction of sp³-hybridized carbons (Fsp3) is 0.273. The highest BCUT2D eigenvalue weighted by Crippen LogP contribution is 2.22. The van der Waals surface area contributed by atoms with E-state index in [-0.39, 0.29) is 11.5 Å². The number of oxazole rings is 1. The fourth-order valence-corrected chi connectivity index (χ4v) is 1.92. The molecule has 0 atom stereocenters. The van der Waals surface area contributed by atoms with Crippen LogP contribution in [0.4, 0.5) is 0 Å². The Bertz CT molecular complexity index is 524. The van der Waals surface area contributed by atoms with Crippen LogP contribution in [0.1, 0.15) is 27.0 Å². The van der Waals surface area contributed by atoms with Crippen molar-refractivity contribution in [1.29, 1.82) is 0 Å². The number of aryl methyl sites for hydroxylation is 2. The van der Waals surface area contributed by atoms with E-state index < -0.39 is 5.97 Å². The zero-order valence-electron chi connectivity index (χ0n) is 9.39. The van der Waals surface area contributed by atoms with Crippen molar-refractivity contribution in [2.75, 3.05) is 0 Å². The molecule has 0 radical (unpaired) electrons. The largest absolute Gasteiger partial charge is 0.483 e. The molecule has 90 valence electrons. The number of carboxylic acid groups (broad SMARTS) is 1. The van der Waals surface area contributed by atoms with Crippen molar-refractivity contribution < 1.29 is 19.1 Å². The summed E-state index contributed by atoms with van der Waals surface area (Å²) in [6.07, 6.45) is 0. The van der Waals surface area contributed by atoms with Gasteiger partial charge < -0.3 is 14.3 Å². The lowest BCUT2D eigenvalue weighted by Gasteiger charge is -1.98. The van der Waals surface area contributed by atoms with Crippen LogP contribution in [0.15, 0.2) is 15.9 Å². The fourth-order valence-electron chi connectivity index (χ4n) is 1.25. The molecule has 0 fully saturated rings. The van der Waals surface area contributed by atoms with Crippen LogP contribution in [-0.4, -0.2) is 16.1 Å². The maximum Gasteiger partial charge on any atom is 0.346 e. The molecule has 1 N–H and O–H groups in total. The number of aromatic carboxylic acids is 1. The van der Waals surface area contributed by atoms with Gasteiger partial charge in [0.2, 0.25) is 5.89 Å². The van der Waals surface area contributed by atoms with Crippen LogP contribution in [0.25, 0.3) is 0 Å². The number of ether oxygens (including phenoxy) is 1. The molecule has 0 aliphatic heterocycles. The van der Waals surface area contributed by atoms with Gasteiger partial charge in [-0.15, -0.1) is 11.3 Å². The van der Waals surface area contributed by atoms with Crippen molar-refractivity contribution in [2.45, 2.75) is 20.5 Å². The zero-order chi connectivity index (χ0) is 12.4. The van der Waals surface area contributed by atoms with Gasteiger partial charge in [0.1, 0.15) is 16.4 Å². The smallest absolute Gasteiger partial charge is 0.346 e. The van der Waals surface area contributed by atoms with Crippen LogP contribution in [0.3, 0.4) is 0 Å². The molecule has 0 aliphatic rings. The quantitative estimate of drug-likeness (QED) is 0.906. The predicted octanol–water partition coefficient (Wildman–Crippen LogP) is 2.63. The van der Waals surface area contributed by atoms with Crippen LogP contribution in [0, 0.1) is 13.8 Å². The van der Waals surface area contributed by atoms with E-state index in [0.29, 0.717) is 11.6 Å². The van der Waals surface area contributed by atoms with Crippen LogP contribution in [0.5, 0.6) is 5.75 Å². The lowest BCUT2D eigenvalue weighted by Crippen LogP contribution is -1.95. The number of aromatic nitrogens is 1. The molecule has 0 saturated carbocycles. The van der Waals surface area contributed by atoms with Crippen molar-refractivity contribution in [3.63, 3.8) is 0 Å². The molecule has 2 rings (SSSR count). The zero-order valence-corrected chi connectivity index (χ0v) is 10.2. The van der Waals surface area contributed by atoms with Crippen molar-refractivity contribution in [3.05, 3.63) is 33.7 Å². The Morgan fingerprint density at radius 2 is 2.35 bits per heavy atom. The maximum absolute atomic E-state index is 10.7. The van der Waals surface area contributed by atoms with Gasteiger partial charge >= 0.3 is 5.97 Å². The third-order valence-electron chi connectivity index (χ3n) is 2.22. The van der Waals surface area contributed by atoms with Gasteiger partial charge in [-0.1, -0.05) is 0 Å². The number of carboxylic acids is 1. The van der Waals surface area contributed by atoms with E-state index in [1.165, 1.54) is 6.07 Å². The molecule has 0 saturated heterocycles. The van der Waals surface area contributed by atoms with Crippen LogP contribution in [0.2, 0.25) is 0 Å². The second-order valence-corrected chi connectivity index (χ2v) is 4.40. The van der Waals surface area contributed by atoms with Gasteiger partial charge in [-0.05, 0) is 13.8 Å². The minimum absolute atomic E-state index is 0.199. The second-order valence-electron chi connectivity index (χ2n) is 3.49. The average Bonchev–Trinajstić information content (AvgIpc) is 2.84. The van der Waals surface area contributed by atoms with E-state index in [1.54, 1.807) is 5.38 Å². The highest BCUT2D eigenvalue weighted by molar-refractivity contribution is 7.12. The molecule has 0 bridgehead atoms. The Kier molecular flexibility index (Phi) is 3.14. The number of carbonyl (C=O) groups is 1. The van der Waals surface area contributed by atoms with E-state index in [1.807, 2.05) is 13.8 Å². The SMILES string of the molecule is Cc1nc(COc2csc(C(=O)O)c2)oc1C. The van der Waals surface area contributed by atoms with Gasteiger partial charge in [-0.3, -0.25) is 0 Å². The highest BCUT2D eigenvalue weighted by Gasteiger charge is 2.09. The molecule has 5 nitrogen and oxygen atoms in total. The molecule has 0 aliphatic carbocycles. The molecule has 6 heteroatoms. The first-order valence-corrected chi connectivity index (χ1v) is 5.82. The summed E-state index contributed by atoms with van der Waals surface area (Å²) in [6.45, 7) is 3.89. The summed E-state index contributed by atoms with van der Waals surface area (Å²) in [5.41, 5.74) is 0.833. The minimum atomic E-state index is -0.951. The highest BCUT2D eigenvalue weighted by atomic mass is 32.1. The average molecular weight is 253 g/mol. The molecule has 0 aromatic carbocycles. The van der Waals surface area contributed by atoms with Gasteiger partial charge in [0.05, 0.1) is 5.69 Å². The number of thiophene rings is 1. The maximum atomic E-state index is 10.7. The molecular formula is C11H11NO4S. The standard InChI is InChI=1S/C11H11NO4S/c1-6-7(2)16-10(12-6)4-15-8-3-9(11(13)14)17-5-8/h3,5H,4H2,1-2H3,(H,13,14). The Labute approximate surface area is 102 Å². The van der Waals surface area contributed by atoms with E-state index >= 15 is 0 Å². The molecule has 0 spiro atoms. The number of nitrogens with zero attached hydrogens (tertiary/aromatic N) is 1. The van der Waals surface area contributed by atoms with Gasteiger partial charge in [0, 0.05) is 11.4 Å². The Hall–Kier alpha value is -1.82. The van der Waals surface area contributed by atoms with Crippen molar-refractivity contribution in [3.8, 4) is 5.75 Å². The van der Waals surface area contributed by atoms with E-state index in [0.717, 1.165) is 22.8 Å². The molecule has 2 aromatic heterocycles. The third kappa shape index (κ3) is 2.65. The summed E-state index contributed by atoms with van der Waals surface area (Å²) in [5.74, 6) is 0.816. The second kappa shape index (κ2) is 4.58. The topological polar surface area (TPSA) is 72.6 Å². The summed E-state index contributed by atoms with van der Waals surface area (Å²) in [5, 5.41) is 10.4. The van der Waals surface area contributed by atoms with Crippen LogP contribution in [-0.2, 0) is 6.61 Å². The minimum Gasteiger partial charge on any atom is -0.483 e. The molecular weight excluding hydrogens is 242 g/mol. The first-order chi connectivity index (χ1) is 8.06. The van der Waals surface area contributed by atoms with Crippen LogP contribution < -0.4 is 4.74 Å². The van der Waals surface area contributed by atoms with E-state index in [4.69, 9.17) is 14.3 Å². The predicted molar refractivity (Wildman–Crippen MR) is 61.6 cm³/mol. The summed E-state index contributed by atoms with van der Waals surface area (Å²) in [4.78, 5) is 15.1. The molecule has 2 heterocycles. The van der Waals surface area contributed by atoms with E-state index in [2.05, 4.69) is 4.98 Å². The lowest BCUT2D eigenvalue weighted by atomic mass is 10.4. The third-order valence-corrected chi connectivity index (χ3v) is 3.12. The van der Waals surface area contributed by atoms with Crippen molar-refractivity contribution in [2.24, 2.45) is 0 Å². The summed E-state index contributed by atoms with van der Waals surface area (Å²) < 4.78 is 10.7. The normalized spacial score (nSPS) is 10.5. The lowest BCUT2D eigenvalue weighted by molar-refractivity contribution is 0.0702. The first-order valence-electron chi connectivity index (χ1n) is 4.94. The number of hydrogen-bond acceptors (Lipinski definition) is 5. The number of rotatable bonds is 4. The van der Waals surface area contributed by atoms with Gasteiger partial charge in [0.15, 0.2) is 6.61 Å². The molecule has 17 heavy (non-hydrogen) atoms. The summed E-state index contributed by atoms with van der Waals surface area (Å²) >= 11 is 1.13. The summed E-state index contributed by atoms with van der Waals surface area (Å²) in [7, 11) is 0. The molecule has 0 amide bonds. The number of hydrogen-bond donors (Lipinski definition) is 1. The Balaban J connectivity index is 1.99. The van der Waals surface area contributed by atoms with Gasteiger partial charge in [-0.25, -0.2) is 9.78 Å². The van der Waals surface area contributed by atoms with Crippen molar-refractivity contribution >= 4 is 17.3 Å². The summed E-state index contributed by atoms with van der Waals surface area (Å²) in [6, 6.07) is 1.48. The molecule has 2 aromatic rings. The van der Waals surface area contributed by atoms with Crippen molar-refractivity contribution in [1.82, 2.24) is 4.98 Å². The monoisotopic (exact) mass is 253 g/mol. The van der Waals surface area contributed by atoms with Gasteiger partial charge in [-0.2, -0.15) is 0 Å². The Morgan fingerprint density at radius 3 is 2.88 bits per heavy atom.